The molecule has 84 valence electrons. The van der Waals surface area contributed by atoms with Crippen LogP contribution < -0.4 is 5.73 Å². The highest BCUT2D eigenvalue weighted by Gasteiger charge is 2.12. The van der Waals surface area contributed by atoms with E-state index in [1.807, 2.05) is 0 Å². The average Bonchev–Trinajstić information content (AvgIpc) is 2.15. The minimum absolute atomic E-state index is 0.286. The van der Waals surface area contributed by atoms with Crippen LogP contribution in [0.5, 0.6) is 0 Å². The van der Waals surface area contributed by atoms with Crippen LogP contribution in [0.1, 0.15) is 39.5 Å². The summed E-state index contributed by atoms with van der Waals surface area (Å²) in [6.07, 6.45) is 3.60. The normalized spacial score (nSPS) is 15.5. The molecule has 0 heterocycles. The molecule has 3 heteroatoms. The third-order valence-electron chi connectivity index (χ3n) is 2.46. The Morgan fingerprint density at radius 2 is 2.00 bits per heavy atom. The summed E-state index contributed by atoms with van der Waals surface area (Å²) in [5.41, 5.74) is 5.57. The van der Waals surface area contributed by atoms with E-state index >= 15 is 0 Å². The highest BCUT2D eigenvalue weighted by atomic mass is 16.3. The number of carbonyl (C=O) groups is 1. The zero-order valence-corrected chi connectivity index (χ0v) is 9.28. The van der Waals surface area contributed by atoms with Crippen molar-refractivity contribution in [2.24, 2.45) is 17.6 Å². The van der Waals surface area contributed by atoms with E-state index in [1.165, 1.54) is 6.42 Å². The lowest BCUT2D eigenvalue weighted by atomic mass is 9.94. The molecule has 3 nitrogen and oxygen atoms in total. The first-order valence-corrected chi connectivity index (χ1v) is 5.43. The van der Waals surface area contributed by atoms with Crippen LogP contribution in [0, 0.1) is 11.8 Å². The van der Waals surface area contributed by atoms with Gasteiger partial charge in [-0.3, -0.25) is 0 Å². The summed E-state index contributed by atoms with van der Waals surface area (Å²) in [6.45, 7) is 4.94. The van der Waals surface area contributed by atoms with Crippen LogP contribution in [-0.2, 0) is 4.79 Å². The van der Waals surface area contributed by atoms with Gasteiger partial charge in [0.05, 0.1) is 0 Å². The van der Waals surface area contributed by atoms with Gasteiger partial charge < -0.3 is 15.6 Å². The van der Waals surface area contributed by atoms with Crippen LogP contribution in [0.15, 0.2) is 0 Å². The predicted octanol–water partition coefficient (Wildman–Crippen LogP) is 1.34. The van der Waals surface area contributed by atoms with E-state index in [9.17, 15) is 4.79 Å². The van der Waals surface area contributed by atoms with Crippen LogP contribution in [0.25, 0.3) is 0 Å². The first kappa shape index (κ1) is 13.6. The number of aliphatic hydroxyl groups is 1. The van der Waals surface area contributed by atoms with E-state index < -0.39 is 6.10 Å². The van der Waals surface area contributed by atoms with Gasteiger partial charge in [0.15, 0.2) is 0 Å². The number of carbonyl (C=O) groups excluding carboxylic acids is 1. The van der Waals surface area contributed by atoms with Crippen molar-refractivity contribution in [1.82, 2.24) is 0 Å². The van der Waals surface area contributed by atoms with Crippen molar-refractivity contribution in [2.75, 3.05) is 6.54 Å². The Bertz CT molecular complexity index is 148. The van der Waals surface area contributed by atoms with Gasteiger partial charge in [-0.05, 0) is 31.2 Å². The molecule has 0 aromatic carbocycles. The smallest absolute Gasteiger partial charge is 0.148 e. The van der Waals surface area contributed by atoms with Gasteiger partial charge in [0.2, 0.25) is 0 Å². The summed E-state index contributed by atoms with van der Waals surface area (Å²) in [4.78, 5) is 10.2. The van der Waals surface area contributed by atoms with Crippen molar-refractivity contribution in [1.29, 1.82) is 0 Å². The first-order chi connectivity index (χ1) is 6.60. The summed E-state index contributed by atoms with van der Waals surface area (Å²) in [6, 6.07) is 0. The second-order valence-electron chi connectivity index (χ2n) is 4.37. The van der Waals surface area contributed by atoms with Crippen molar-refractivity contribution in [3.63, 3.8) is 0 Å². The Balaban J connectivity index is 3.62. The van der Waals surface area contributed by atoms with Crippen molar-refractivity contribution >= 4 is 6.29 Å². The van der Waals surface area contributed by atoms with Gasteiger partial charge in [-0.25, -0.2) is 0 Å². The Morgan fingerprint density at radius 3 is 2.43 bits per heavy atom. The average molecular weight is 201 g/mol. The van der Waals surface area contributed by atoms with Crippen molar-refractivity contribution in [2.45, 2.75) is 45.6 Å². The van der Waals surface area contributed by atoms with Crippen LogP contribution >= 0.6 is 0 Å². The summed E-state index contributed by atoms with van der Waals surface area (Å²) in [5.74, 6) is 0.998. The number of rotatable bonds is 8. The maximum atomic E-state index is 10.2. The van der Waals surface area contributed by atoms with Gasteiger partial charge in [-0.2, -0.15) is 0 Å². The standard InChI is InChI=1S/C11H23NO2/c1-9(2)4-3-5-10(7-12)6-11(14)8-13/h8-11,14H,3-7,12H2,1-2H3. The van der Waals surface area contributed by atoms with Crippen LogP contribution in [0.2, 0.25) is 0 Å². The Labute approximate surface area is 86.7 Å². The van der Waals surface area contributed by atoms with E-state index in [0.717, 1.165) is 12.8 Å². The van der Waals surface area contributed by atoms with Gasteiger partial charge in [-0.1, -0.05) is 26.7 Å². The molecule has 0 aliphatic carbocycles. The molecule has 0 radical (unpaired) electrons. The molecule has 0 fully saturated rings. The molecular weight excluding hydrogens is 178 g/mol. The lowest BCUT2D eigenvalue weighted by Crippen LogP contribution is -2.21. The lowest BCUT2D eigenvalue weighted by molar-refractivity contribution is -0.115. The molecule has 0 saturated carbocycles. The fourth-order valence-electron chi connectivity index (χ4n) is 1.54. The second kappa shape index (κ2) is 7.94. The predicted molar refractivity (Wildman–Crippen MR) is 57.9 cm³/mol. The van der Waals surface area contributed by atoms with E-state index in [-0.39, 0.29) is 5.92 Å². The second-order valence-corrected chi connectivity index (χ2v) is 4.37. The molecule has 0 bridgehead atoms. The van der Waals surface area contributed by atoms with Gasteiger partial charge in [0.25, 0.3) is 0 Å². The number of hydrogen-bond acceptors (Lipinski definition) is 3. The van der Waals surface area contributed by atoms with E-state index in [2.05, 4.69) is 13.8 Å². The Kier molecular flexibility index (Phi) is 7.71. The first-order valence-electron chi connectivity index (χ1n) is 5.43. The van der Waals surface area contributed by atoms with Gasteiger partial charge in [0, 0.05) is 0 Å². The maximum absolute atomic E-state index is 10.2. The highest BCUT2D eigenvalue weighted by molar-refractivity contribution is 5.55. The van der Waals surface area contributed by atoms with Crippen molar-refractivity contribution in [3.8, 4) is 0 Å². The summed E-state index contributed by atoms with van der Waals surface area (Å²) in [5, 5.41) is 9.14. The Morgan fingerprint density at radius 1 is 1.36 bits per heavy atom. The minimum atomic E-state index is -0.831. The largest absolute Gasteiger partial charge is 0.386 e. The quantitative estimate of drug-likeness (QED) is 0.582. The van der Waals surface area contributed by atoms with Crippen LogP contribution in [-0.4, -0.2) is 24.0 Å². The van der Waals surface area contributed by atoms with Crippen LogP contribution in [0.4, 0.5) is 0 Å². The summed E-state index contributed by atoms with van der Waals surface area (Å²) >= 11 is 0. The fraction of sp³-hybridized carbons (Fsp3) is 0.909. The van der Waals surface area contributed by atoms with Gasteiger partial charge >= 0.3 is 0 Å². The summed E-state index contributed by atoms with van der Waals surface area (Å²) < 4.78 is 0. The molecule has 3 N–H and O–H groups in total. The summed E-state index contributed by atoms with van der Waals surface area (Å²) in [7, 11) is 0. The third-order valence-corrected chi connectivity index (χ3v) is 2.46. The zero-order chi connectivity index (χ0) is 11.0. The molecular formula is C11H23NO2. The molecule has 14 heavy (non-hydrogen) atoms. The number of hydrogen-bond donors (Lipinski definition) is 2. The monoisotopic (exact) mass is 201 g/mol. The molecule has 0 spiro atoms. The number of aliphatic hydroxyl groups excluding tert-OH is 1. The molecule has 0 rings (SSSR count). The van der Waals surface area contributed by atoms with E-state index in [1.54, 1.807) is 0 Å². The molecule has 0 amide bonds. The molecule has 2 atom stereocenters. The molecule has 2 unspecified atom stereocenters. The van der Waals surface area contributed by atoms with Gasteiger partial charge in [-0.15, -0.1) is 0 Å². The molecule has 0 aromatic rings. The number of aldehydes is 1. The third kappa shape index (κ3) is 7.04. The van der Waals surface area contributed by atoms with Crippen LogP contribution in [0.3, 0.4) is 0 Å². The van der Waals surface area contributed by atoms with E-state index in [0.29, 0.717) is 25.2 Å². The SMILES string of the molecule is CC(C)CCCC(CN)CC(O)C=O. The lowest BCUT2D eigenvalue weighted by Gasteiger charge is -2.16. The Hall–Kier alpha value is -0.410. The highest BCUT2D eigenvalue weighted by Crippen LogP contribution is 2.15. The molecule has 0 saturated heterocycles. The topological polar surface area (TPSA) is 63.3 Å². The fourth-order valence-corrected chi connectivity index (χ4v) is 1.54. The number of nitrogens with two attached hydrogens (primary N) is 1. The van der Waals surface area contributed by atoms with Crippen molar-refractivity contribution < 1.29 is 9.90 Å². The maximum Gasteiger partial charge on any atom is 0.148 e. The van der Waals surface area contributed by atoms with E-state index in [4.69, 9.17) is 10.8 Å². The molecule has 0 aromatic heterocycles. The van der Waals surface area contributed by atoms with Crippen molar-refractivity contribution in [3.05, 3.63) is 0 Å². The molecule has 0 aliphatic heterocycles. The zero-order valence-electron chi connectivity index (χ0n) is 9.28. The molecule has 0 aliphatic rings. The van der Waals surface area contributed by atoms with Gasteiger partial charge in [0.1, 0.15) is 12.4 Å². The minimum Gasteiger partial charge on any atom is -0.386 e.